The molecule has 1 aromatic heterocycles. The Morgan fingerprint density at radius 3 is 2.33 bits per heavy atom. The van der Waals surface area contributed by atoms with Gasteiger partial charge in [-0.25, -0.2) is 14.8 Å². The van der Waals surface area contributed by atoms with Crippen LogP contribution in [0.4, 0.5) is 17.2 Å². The normalized spacial score (nSPS) is 10.1. The van der Waals surface area contributed by atoms with Crippen LogP contribution >= 0.6 is 0 Å². The van der Waals surface area contributed by atoms with Gasteiger partial charge in [0.1, 0.15) is 12.1 Å². The fourth-order valence-electron chi connectivity index (χ4n) is 2.42. The topological polar surface area (TPSA) is 93.2 Å². The Hall–Kier alpha value is -3.74. The molecule has 0 fully saturated rings. The van der Waals surface area contributed by atoms with E-state index in [9.17, 15) is 9.59 Å². The number of nitrogens with one attached hydrogen (secondary N) is 2. The van der Waals surface area contributed by atoms with E-state index in [1.807, 2.05) is 25.1 Å². The van der Waals surface area contributed by atoms with E-state index in [4.69, 9.17) is 0 Å². The Morgan fingerprint density at radius 1 is 0.926 bits per heavy atom. The van der Waals surface area contributed by atoms with E-state index in [1.54, 1.807) is 30.3 Å². The van der Waals surface area contributed by atoms with Crippen LogP contribution in [0.25, 0.3) is 0 Å². The summed E-state index contributed by atoms with van der Waals surface area (Å²) in [4.78, 5) is 32.2. The second-order valence-electron chi connectivity index (χ2n) is 5.77. The maximum absolute atomic E-state index is 12.4. The van der Waals surface area contributed by atoms with Crippen molar-refractivity contribution in [2.75, 3.05) is 17.7 Å². The van der Waals surface area contributed by atoms with E-state index in [1.165, 1.54) is 19.5 Å². The first-order valence-electron chi connectivity index (χ1n) is 8.20. The van der Waals surface area contributed by atoms with E-state index in [0.717, 1.165) is 11.4 Å². The van der Waals surface area contributed by atoms with Crippen molar-refractivity contribution < 1.29 is 14.3 Å². The molecule has 136 valence electrons. The molecule has 0 spiro atoms. The first-order chi connectivity index (χ1) is 13.0. The van der Waals surface area contributed by atoms with Crippen molar-refractivity contribution in [2.45, 2.75) is 6.92 Å². The molecule has 0 aliphatic rings. The Morgan fingerprint density at radius 2 is 1.63 bits per heavy atom. The van der Waals surface area contributed by atoms with Gasteiger partial charge in [-0.15, -0.1) is 0 Å². The quantitative estimate of drug-likeness (QED) is 0.674. The molecule has 0 unspecified atom stereocenters. The van der Waals surface area contributed by atoms with Gasteiger partial charge in [0.2, 0.25) is 0 Å². The monoisotopic (exact) mass is 362 g/mol. The van der Waals surface area contributed by atoms with Gasteiger partial charge < -0.3 is 15.4 Å². The molecule has 0 aliphatic heterocycles. The number of nitrogens with zero attached hydrogens (tertiary/aromatic N) is 2. The van der Waals surface area contributed by atoms with Gasteiger partial charge in [-0.2, -0.15) is 0 Å². The van der Waals surface area contributed by atoms with Crippen LogP contribution in [0.15, 0.2) is 60.9 Å². The zero-order valence-corrected chi connectivity index (χ0v) is 14.9. The van der Waals surface area contributed by atoms with Crippen LogP contribution in [0.2, 0.25) is 0 Å². The molecular formula is C20H18N4O3. The summed E-state index contributed by atoms with van der Waals surface area (Å²) in [6, 6.07) is 15.4. The predicted octanol–water partition coefficient (Wildman–Crippen LogP) is 3.57. The number of benzene rings is 2. The Bertz CT molecular complexity index is 971. The summed E-state index contributed by atoms with van der Waals surface area (Å²) in [5.41, 5.74) is 3.03. The van der Waals surface area contributed by atoms with Gasteiger partial charge in [-0.1, -0.05) is 6.07 Å². The van der Waals surface area contributed by atoms with Crippen LogP contribution < -0.4 is 10.6 Å². The number of ether oxygens (including phenoxy) is 1. The van der Waals surface area contributed by atoms with Crippen molar-refractivity contribution in [2.24, 2.45) is 0 Å². The molecule has 0 radical (unpaired) electrons. The van der Waals surface area contributed by atoms with Crippen LogP contribution in [0.5, 0.6) is 0 Å². The molecule has 3 aromatic rings. The zero-order valence-electron chi connectivity index (χ0n) is 14.9. The minimum atomic E-state index is -0.486. The van der Waals surface area contributed by atoms with Crippen molar-refractivity contribution in [1.29, 1.82) is 0 Å². The maximum atomic E-state index is 12.4. The molecule has 0 bridgehead atoms. The highest BCUT2D eigenvalue weighted by Gasteiger charge is 2.11. The fraction of sp³-hybridized carbons (Fsp3) is 0.100. The molecule has 0 saturated carbocycles. The first-order valence-corrected chi connectivity index (χ1v) is 8.20. The first kappa shape index (κ1) is 18.1. The Balaban J connectivity index is 1.67. The van der Waals surface area contributed by atoms with E-state index in [-0.39, 0.29) is 5.91 Å². The summed E-state index contributed by atoms with van der Waals surface area (Å²) >= 11 is 0. The zero-order chi connectivity index (χ0) is 19.2. The lowest BCUT2D eigenvalue weighted by Crippen LogP contribution is -2.13. The van der Waals surface area contributed by atoms with E-state index in [0.29, 0.717) is 22.6 Å². The largest absolute Gasteiger partial charge is 0.465 e. The number of rotatable bonds is 5. The van der Waals surface area contributed by atoms with E-state index in [2.05, 4.69) is 25.3 Å². The number of carbonyl (C=O) groups excluding carboxylic acids is 2. The predicted molar refractivity (Wildman–Crippen MR) is 102 cm³/mol. The lowest BCUT2D eigenvalue weighted by atomic mass is 10.1. The van der Waals surface area contributed by atoms with Crippen molar-refractivity contribution >= 4 is 29.1 Å². The standard InChI is InChI=1S/C20H18N4O3/c1-13-10-18(22-12-21-13)23-16-6-8-17(9-7-16)24-19(25)14-4-3-5-15(11-14)20(26)27-2/h3-12H,1-2H3,(H,24,25)(H,21,22,23). The summed E-state index contributed by atoms with van der Waals surface area (Å²) in [5, 5.41) is 5.97. The van der Waals surface area contributed by atoms with Crippen molar-refractivity contribution in [3.05, 3.63) is 77.7 Å². The summed E-state index contributed by atoms with van der Waals surface area (Å²) in [6.07, 6.45) is 1.49. The molecule has 7 nitrogen and oxygen atoms in total. The number of carbonyl (C=O) groups is 2. The Labute approximate surface area is 156 Å². The second-order valence-corrected chi connectivity index (χ2v) is 5.77. The van der Waals surface area contributed by atoms with Gasteiger partial charge in [0.25, 0.3) is 5.91 Å². The van der Waals surface area contributed by atoms with Gasteiger partial charge in [-0.05, 0) is 49.4 Å². The summed E-state index contributed by atoms with van der Waals surface area (Å²) in [6.45, 7) is 1.89. The number of amides is 1. The molecule has 7 heteroatoms. The molecule has 2 N–H and O–H groups in total. The third kappa shape index (κ3) is 4.66. The fourth-order valence-corrected chi connectivity index (χ4v) is 2.42. The SMILES string of the molecule is COC(=O)c1cccc(C(=O)Nc2ccc(Nc3cc(C)ncn3)cc2)c1. The van der Waals surface area contributed by atoms with E-state index < -0.39 is 5.97 Å². The van der Waals surface area contributed by atoms with Gasteiger partial charge in [0.15, 0.2) is 0 Å². The molecular weight excluding hydrogens is 344 g/mol. The highest BCUT2D eigenvalue weighted by atomic mass is 16.5. The minimum Gasteiger partial charge on any atom is -0.465 e. The van der Waals surface area contributed by atoms with Gasteiger partial charge >= 0.3 is 5.97 Å². The Kier molecular flexibility index (Phi) is 5.41. The third-order valence-corrected chi connectivity index (χ3v) is 3.76. The number of hydrogen-bond acceptors (Lipinski definition) is 6. The van der Waals surface area contributed by atoms with Crippen LogP contribution in [-0.2, 0) is 4.74 Å². The summed E-state index contributed by atoms with van der Waals surface area (Å²) < 4.78 is 4.67. The lowest BCUT2D eigenvalue weighted by molar-refractivity contribution is 0.0600. The van der Waals surface area contributed by atoms with E-state index >= 15 is 0 Å². The number of aryl methyl sites for hydroxylation is 1. The molecule has 0 saturated heterocycles. The van der Waals surface area contributed by atoms with Crippen molar-refractivity contribution in [3.8, 4) is 0 Å². The van der Waals surface area contributed by atoms with Gasteiger partial charge in [0, 0.05) is 28.7 Å². The van der Waals surface area contributed by atoms with Gasteiger partial charge in [-0.3, -0.25) is 4.79 Å². The average molecular weight is 362 g/mol. The van der Waals surface area contributed by atoms with Crippen molar-refractivity contribution in [1.82, 2.24) is 9.97 Å². The molecule has 2 aromatic carbocycles. The molecule has 1 heterocycles. The average Bonchev–Trinajstić information content (AvgIpc) is 2.69. The number of esters is 1. The second kappa shape index (κ2) is 8.09. The molecule has 0 atom stereocenters. The number of anilines is 3. The smallest absolute Gasteiger partial charge is 0.337 e. The number of hydrogen-bond donors (Lipinski definition) is 2. The highest BCUT2D eigenvalue weighted by Crippen LogP contribution is 2.18. The molecule has 3 rings (SSSR count). The lowest BCUT2D eigenvalue weighted by Gasteiger charge is -2.09. The van der Waals surface area contributed by atoms with Crippen LogP contribution in [0, 0.1) is 6.92 Å². The number of methoxy groups -OCH3 is 1. The molecule has 0 aliphatic carbocycles. The minimum absolute atomic E-state index is 0.312. The third-order valence-electron chi connectivity index (χ3n) is 3.76. The van der Waals surface area contributed by atoms with Crippen LogP contribution in [0.3, 0.4) is 0 Å². The van der Waals surface area contributed by atoms with Crippen LogP contribution in [-0.4, -0.2) is 29.0 Å². The summed E-state index contributed by atoms with van der Waals surface area (Å²) in [5.74, 6) is -0.105. The van der Waals surface area contributed by atoms with Crippen molar-refractivity contribution in [3.63, 3.8) is 0 Å². The number of aromatic nitrogens is 2. The highest BCUT2D eigenvalue weighted by molar-refractivity contribution is 6.05. The van der Waals surface area contributed by atoms with Crippen LogP contribution in [0.1, 0.15) is 26.4 Å². The van der Waals surface area contributed by atoms with Gasteiger partial charge in [0.05, 0.1) is 12.7 Å². The summed E-state index contributed by atoms with van der Waals surface area (Å²) in [7, 11) is 1.30. The maximum Gasteiger partial charge on any atom is 0.337 e. The molecule has 27 heavy (non-hydrogen) atoms. The molecule has 1 amide bonds.